The van der Waals surface area contributed by atoms with Crippen molar-refractivity contribution in [3.8, 4) is 11.5 Å². The summed E-state index contributed by atoms with van der Waals surface area (Å²) in [5.41, 5.74) is 0.491. The summed E-state index contributed by atoms with van der Waals surface area (Å²) in [4.78, 5) is 23.7. The van der Waals surface area contributed by atoms with Gasteiger partial charge in [0.05, 0.1) is 37.1 Å². The summed E-state index contributed by atoms with van der Waals surface area (Å²) in [5, 5.41) is 38.2. The Morgan fingerprint density at radius 3 is 1.58 bits per heavy atom. The lowest BCUT2D eigenvalue weighted by Crippen LogP contribution is -2.29. The Balaban J connectivity index is 1.55. The summed E-state index contributed by atoms with van der Waals surface area (Å²) in [7, 11) is 0. The molecule has 3 unspecified atom stereocenters. The molecular formula is C23H28O10. The smallest absolute Gasteiger partial charge is 0.338 e. The molecule has 2 rings (SSSR count). The topological polar surface area (TPSA) is 152 Å². The molecule has 4 N–H and O–H groups in total. The van der Waals surface area contributed by atoms with Crippen LogP contribution < -0.4 is 0 Å². The average molecular weight is 464 g/mol. The van der Waals surface area contributed by atoms with Gasteiger partial charge in [-0.05, 0) is 55.5 Å². The number of aromatic hydroxyl groups is 2. The summed E-state index contributed by atoms with van der Waals surface area (Å²) >= 11 is 0. The number of carbonyl (C=O) groups is 2. The minimum Gasteiger partial charge on any atom is -0.508 e. The predicted molar refractivity (Wildman–Crippen MR) is 115 cm³/mol. The van der Waals surface area contributed by atoms with Crippen molar-refractivity contribution in [2.75, 3.05) is 33.0 Å². The molecule has 33 heavy (non-hydrogen) atoms. The highest BCUT2D eigenvalue weighted by Crippen LogP contribution is 2.12. The number of phenols is 2. The second kappa shape index (κ2) is 13.4. The van der Waals surface area contributed by atoms with E-state index >= 15 is 0 Å². The van der Waals surface area contributed by atoms with Crippen molar-refractivity contribution >= 4 is 11.9 Å². The first-order valence-electron chi connectivity index (χ1n) is 10.2. The Morgan fingerprint density at radius 1 is 0.697 bits per heavy atom. The van der Waals surface area contributed by atoms with E-state index in [1.54, 1.807) is 6.92 Å². The standard InChI is InChI=1S/C23H28O10/c1-15(31-12-21(27)14-33-23(29)17-4-8-19(25)9-5-17)10-30-11-20(26)13-32-22(28)16-2-6-18(24)7-3-16/h2-9,15,20-21,24-27H,10-14H2,1H3. The Kier molecular flexibility index (Phi) is 10.6. The molecule has 0 spiro atoms. The van der Waals surface area contributed by atoms with Crippen molar-refractivity contribution in [1.29, 1.82) is 0 Å². The maximum atomic E-state index is 11.9. The lowest BCUT2D eigenvalue weighted by molar-refractivity contribution is -0.0702. The van der Waals surface area contributed by atoms with E-state index in [-0.39, 0.29) is 55.7 Å². The lowest BCUT2D eigenvalue weighted by atomic mass is 10.2. The molecule has 0 saturated heterocycles. The van der Waals surface area contributed by atoms with Crippen LogP contribution in [0, 0.1) is 0 Å². The monoisotopic (exact) mass is 464 g/mol. The molecular weight excluding hydrogens is 436 g/mol. The summed E-state index contributed by atoms with van der Waals surface area (Å²) in [6, 6.07) is 11.0. The van der Waals surface area contributed by atoms with Gasteiger partial charge in [-0.15, -0.1) is 0 Å². The van der Waals surface area contributed by atoms with E-state index in [0.29, 0.717) is 0 Å². The molecule has 0 radical (unpaired) electrons. The molecule has 0 heterocycles. The number of aliphatic hydroxyl groups is 2. The van der Waals surface area contributed by atoms with Crippen molar-refractivity contribution in [3.63, 3.8) is 0 Å². The second-order valence-electron chi connectivity index (χ2n) is 7.28. The minimum atomic E-state index is -1.04. The highest BCUT2D eigenvalue weighted by Gasteiger charge is 2.15. The van der Waals surface area contributed by atoms with Crippen molar-refractivity contribution in [3.05, 3.63) is 59.7 Å². The van der Waals surface area contributed by atoms with Crippen LogP contribution in [-0.4, -0.2) is 83.7 Å². The van der Waals surface area contributed by atoms with Crippen LogP contribution in [0.4, 0.5) is 0 Å². The molecule has 10 heteroatoms. The summed E-state index contributed by atoms with van der Waals surface area (Å²) in [5.74, 6) is -1.21. The highest BCUT2D eigenvalue weighted by molar-refractivity contribution is 5.90. The Hall–Kier alpha value is -3.18. The molecule has 0 amide bonds. The van der Waals surface area contributed by atoms with E-state index in [9.17, 15) is 30.0 Å². The molecule has 2 aromatic rings. The van der Waals surface area contributed by atoms with E-state index in [1.165, 1.54) is 48.5 Å². The Morgan fingerprint density at radius 2 is 1.12 bits per heavy atom. The van der Waals surface area contributed by atoms with Gasteiger partial charge >= 0.3 is 11.9 Å². The summed E-state index contributed by atoms with van der Waals surface area (Å²) in [6.45, 7) is 1.09. The fourth-order valence-corrected chi connectivity index (χ4v) is 2.50. The van der Waals surface area contributed by atoms with Crippen LogP contribution in [0.15, 0.2) is 48.5 Å². The van der Waals surface area contributed by atoms with Crippen LogP contribution in [0.25, 0.3) is 0 Å². The number of phenolic OH excluding ortho intramolecular Hbond substituents is 2. The number of rotatable bonds is 13. The SMILES string of the molecule is CC(COCC(O)COC(=O)c1ccc(O)cc1)OCC(O)COC(=O)c1ccc(O)cc1. The zero-order chi connectivity index (χ0) is 24.2. The molecule has 180 valence electrons. The first-order chi connectivity index (χ1) is 15.7. The van der Waals surface area contributed by atoms with Crippen LogP contribution in [-0.2, 0) is 18.9 Å². The number of benzene rings is 2. The molecule has 0 saturated carbocycles. The second-order valence-corrected chi connectivity index (χ2v) is 7.28. The van der Waals surface area contributed by atoms with Crippen molar-refractivity contribution < 1.29 is 49.0 Å². The lowest BCUT2D eigenvalue weighted by Gasteiger charge is -2.18. The molecule has 0 aliphatic carbocycles. The number of aliphatic hydroxyl groups excluding tert-OH is 2. The third-order valence-corrected chi connectivity index (χ3v) is 4.26. The maximum absolute atomic E-state index is 11.9. The first-order valence-corrected chi connectivity index (χ1v) is 10.2. The average Bonchev–Trinajstić information content (AvgIpc) is 2.80. The van der Waals surface area contributed by atoms with Crippen LogP contribution in [0.2, 0.25) is 0 Å². The molecule has 0 aliphatic rings. The van der Waals surface area contributed by atoms with Crippen LogP contribution >= 0.6 is 0 Å². The van der Waals surface area contributed by atoms with Crippen molar-refractivity contribution in [2.45, 2.75) is 25.2 Å². The number of esters is 2. The third kappa shape index (κ3) is 9.87. The summed E-state index contributed by atoms with van der Waals surface area (Å²) in [6.07, 6.45) is -2.50. The summed E-state index contributed by atoms with van der Waals surface area (Å²) < 4.78 is 20.7. The van der Waals surface area contributed by atoms with E-state index in [1.807, 2.05) is 0 Å². The van der Waals surface area contributed by atoms with Crippen molar-refractivity contribution in [2.24, 2.45) is 0 Å². The van der Waals surface area contributed by atoms with Gasteiger partial charge < -0.3 is 39.4 Å². The zero-order valence-electron chi connectivity index (χ0n) is 18.1. The largest absolute Gasteiger partial charge is 0.508 e. The fourth-order valence-electron chi connectivity index (χ4n) is 2.50. The van der Waals surface area contributed by atoms with Crippen LogP contribution in [0.3, 0.4) is 0 Å². The van der Waals surface area contributed by atoms with Gasteiger partial charge in [-0.1, -0.05) is 0 Å². The minimum absolute atomic E-state index is 0.0267. The van der Waals surface area contributed by atoms with Gasteiger partial charge in [0.25, 0.3) is 0 Å². The van der Waals surface area contributed by atoms with Crippen LogP contribution in [0.1, 0.15) is 27.6 Å². The van der Waals surface area contributed by atoms with Crippen molar-refractivity contribution in [1.82, 2.24) is 0 Å². The molecule has 0 fully saturated rings. The zero-order valence-corrected chi connectivity index (χ0v) is 18.1. The van der Waals surface area contributed by atoms with Gasteiger partial charge in [0.15, 0.2) is 0 Å². The fraction of sp³-hybridized carbons (Fsp3) is 0.391. The molecule has 2 aromatic carbocycles. The maximum Gasteiger partial charge on any atom is 0.338 e. The number of hydrogen-bond donors (Lipinski definition) is 4. The van der Waals surface area contributed by atoms with Gasteiger partial charge in [0.1, 0.15) is 36.9 Å². The number of ether oxygens (including phenoxy) is 4. The van der Waals surface area contributed by atoms with Crippen LogP contribution in [0.5, 0.6) is 11.5 Å². The molecule has 0 bridgehead atoms. The third-order valence-electron chi connectivity index (χ3n) is 4.26. The van der Waals surface area contributed by atoms with Gasteiger partial charge in [0, 0.05) is 0 Å². The van der Waals surface area contributed by atoms with E-state index in [0.717, 1.165) is 0 Å². The molecule has 3 atom stereocenters. The highest BCUT2D eigenvalue weighted by atomic mass is 16.6. The normalized spacial score (nSPS) is 13.7. The van der Waals surface area contributed by atoms with Gasteiger partial charge in [-0.25, -0.2) is 9.59 Å². The van der Waals surface area contributed by atoms with Gasteiger partial charge in [-0.2, -0.15) is 0 Å². The quantitative estimate of drug-likeness (QED) is 0.319. The van der Waals surface area contributed by atoms with Gasteiger partial charge in [-0.3, -0.25) is 0 Å². The van der Waals surface area contributed by atoms with E-state index in [4.69, 9.17) is 18.9 Å². The molecule has 0 aromatic heterocycles. The van der Waals surface area contributed by atoms with Gasteiger partial charge in [0.2, 0.25) is 0 Å². The molecule has 10 nitrogen and oxygen atoms in total. The molecule has 0 aliphatic heterocycles. The van der Waals surface area contributed by atoms with E-state index < -0.39 is 30.3 Å². The number of hydrogen-bond acceptors (Lipinski definition) is 10. The predicted octanol–water partition coefficient (Wildman–Crippen LogP) is 1.26. The Labute approximate surface area is 190 Å². The first kappa shape index (κ1) is 26.1. The number of carbonyl (C=O) groups excluding carboxylic acids is 2. The Bertz CT molecular complexity index is 866. The van der Waals surface area contributed by atoms with E-state index in [2.05, 4.69) is 0 Å².